The molecule has 1 aromatic carbocycles. The van der Waals surface area contributed by atoms with Crippen molar-refractivity contribution in [1.82, 2.24) is 20.1 Å². The maximum Gasteiger partial charge on any atom is 0.266 e. The summed E-state index contributed by atoms with van der Waals surface area (Å²) in [5.74, 6) is -0.204. The van der Waals surface area contributed by atoms with Crippen LogP contribution in [0.2, 0.25) is 0 Å². The lowest BCUT2D eigenvalue weighted by molar-refractivity contribution is -0.128. The van der Waals surface area contributed by atoms with Gasteiger partial charge in [-0.15, -0.1) is 0 Å². The molecule has 1 fully saturated rings. The quantitative estimate of drug-likeness (QED) is 0.382. The summed E-state index contributed by atoms with van der Waals surface area (Å²) < 4.78 is 0. The molecule has 142 valence electrons. The Kier molecular flexibility index (Phi) is 6.47. The van der Waals surface area contributed by atoms with E-state index in [1.807, 2.05) is 30.5 Å². The Morgan fingerprint density at radius 2 is 2.07 bits per heavy atom. The number of nitrogens with zero attached hydrogens (tertiary/aromatic N) is 3. The van der Waals surface area contributed by atoms with E-state index >= 15 is 0 Å². The molecule has 0 radical (unpaired) electrons. The van der Waals surface area contributed by atoms with Gasteiger partial charge in [0, 0.05) is 69.1 Å². The molecule has 0 atom stereocenters. The number of fused-ring (bicyclic) bond motifs is 1. The summed E-state index contributed by atoms with van der Waals surface area (Å²) in [4.78, 5) is 19.8. The van der Waals surface area contributed by atoms with Crippen LogP contribution in [0, 0.1) is 11.3 Å². The van der Waals surface area contributed by atoms with E-state index in [0.717, 1.165) is 31.6 Å². The van der Waals surface area contributed by atoms with Crippen LogP contribution < -0.4 is 11.1 Å². The maximum absolute atomic E-state index is 12.5. The number of benzene rings is 1. The molecule has 1 amide bonds. The second-order valence-corrected chi connectivity index (χ2v) is 6.66. The number of carbonyl (C=O) groups is 1. The molecule has 1 aromatic heterocycles. The molecule has 7 heteroatoms. The third-order valence-electron chi connectivity index (χ3n) is 4.92. The number of amides is 1. The van der Waals surface area contributed by atoms with Gasteiger partial charge in [-0.1, -0.05) is 18.2 Å². The van der Waals surface area contributed by atoms with Gasteiger partial charge in [0.05, 0.1) is 0 Å². The highest BCUT2D eigenvalue weighted by molar-refractivity contribution is 5.97. The standard InChI is InChI=1S/C20H26N6O/c21-6-8-25-9-11-26(12-10-25)20(27)17(13-22)14-23-7-5-16-15-24-19-4-2-1-3-18(16)19/h1-4,14-15,23-24H,5-12,21H2/b17-14-. The molecular formula is C20H26N6O. The van der Waals surface area contributed by atoms with Crippen molar-refractivity contribution in [3.8, 4) is 6.07 Å². The number of aromatic amines is 1. The van der Waals surface area contributed by atoms with Crippen LogP contribution in [0.15, 0.2) is 42.2 Å². The Morgan fingerprint density at radius 3 is 2.81 bits per heavy atom. The summed E-state index contributed by atoms with van der Waals surface area (Å²) in [6.07, 6.45) is 4.36. The molecule has 0 saturated carbocycles. The highest BCUT2D eigenvalue weighted by Crippen LogP contribution is 2.17. The smallest absolute Gasteiger partial charge is 0.266 e. The van der Waals surface area contributed by atoms with Gasteiger partial charge in [0.25, 0.3) is 5.91 Å². The summed E-state index contributed by atoms with van der Waals surface area (Å²) in [6.45, 7) is 4.99. The minimum atomic E-state index is -0.204. The van der Waals surface area contributed by atoms with Gasteiger partial charge in [0.15, 0.2) is 0 Å². The van der Waals surface area contributed by atoms with Crippen molar-refractivity contribution in [2.24, 2.45) is 5.73 Å². The van der Waals surface area contributed by atoms with E-state index in [1.165, 1.54) is 10.9 Å². The molecule has 27 heavy (non-hydrogen) atoms. The number of nitriles is 1. The number of rotatable bonds is 7. The van der Waals surface area contributed by atoms with Crippen LogP contribution >= 0.6 is 0 Å². The van der Waals surface area contributed by atoms with Crippen molar-refractivity contribution in [3.63, 3.8) is 0 Å². The third kappa shape index (κ3) is 4.67. The average molecular weight is 366 g/mol. The number of H-pyrrole nitrogens is 1. The minimum absolute atomic E-state index is 0.154. The van der Waals surface area contributed by atoms with E-state index in [-0.39, 0.29) is 11.5 Å². The molecule has 1 aliphatic rings. The highest BCUT2D eigenvalue weighted by Gasteiger charge is 2.23. The third-order valence-corrected chi connectivity index (χ3v) is 4.92. The fraction of sp³-hybridized carbons (Fsp3) is 0.400. The van der Waals surface area contributed by atoms with Gasteiger partial charge in [-0.05, 0) is 18.1 Å². The molecule has 1 aliphatic heterocycles. The van der Waals surface area contributed by atoms with Crippen molar-refractivity contribution < 1.29 is 4.79 Å². The summed E-state index contributed by atoms with van der Waals surface area (Å²) in [5.41, 5.74) is 8.06. The predicted molar refractivity (Wildman–Crippen MR) is 106 cm³/mol. The highest BCUT2D eigenvalue weighted by atomic mass is 16.2. The van der Waals surface area contributed by atoms with E-state index in [2.05, 4.69) is 21.3 Å². The summed E-state index contributed by atoms with van der Waals surface area (Å²) >= 11 is 0. The molecule has 0 aliphatic carbocycles. The molecule has 0 bridgehead atoms. The first kappa shape index (κ1) is 19.0. The number of hydrogen-bond acceptors (Lipinski definition) is 5. The Balaban J connectivity index is 1.51. The predicted octanol–water partition coefficient (Wildman–Crippen LogP) is 0.810. The summed E-state index contributed by atoms with van der Waals surface area (Å²) in [7, 11) is 0. The van der Waals surface area contributed by atoms with Gasteiger partial charge < -0.3 is 20.9 Å². The normalized spacial score (nSPS) is 15.7. The Bertz CT molecular complexity index is 842. The molecule has 2 aromatic rings. The summed E-state index contributed by atoms with van der Waals surface area (Å²) in [5, 5.41) is 13.7. The van der Waals surface area contributed by atoms with E-state index in [9.17, 15) is 10.1 Å². The van der Waals surface area contributed by atoms with Crippen molar-refractivity contribution >= 4 is 16.8 Å². The maximum atomic E-state index is 12.5. The number of aromatic nitrogens is 1. The van der Waals surface area contributed by atoms with Gasteiger partial charge >= 0.3 is 0 Å². The van der Waals surface area contributed by atoms with Crippen molar-refractivity contribution in [1.29, 1.82) is 5.26 Å². The lowest BCUT2D eigenvalue weighted by atomic mass is 10.1. The first-order valence-electron chi connectivity index (χ1n) is 9.33. The topological polar surface area (TPSA) is 101 Å². The first-order chi connectivity index (χ1) is 13.2. The molecule has 3 rings (SSSR count). The second-order valence-electron chi connectivity index (χ2n) is 6.66. The molecule has 0 spiro atoms. The van der Waals surface area contributed by atoms with Crippen LogP contribution in [0.1, 0.15) is 5.56 Å². The van der Waals surface area contributed by atoms with Crippen LogP contribution in [0.25, 0.3) is 10.9 Å². The number of hydrogen-bond donors (Lipinski definition) is 3. The fourth-order valence-electron chi connectivity index (χ4n) is 3.39. The largest absolute Gasteiger partial charge is 0.389 e. The number of nitrogens with one attached hydrogen (secondary N) is 2. The van der Waals surface area contributed by atoms with E-state index in [0.29, 0.717) is 26.2 Å². The van der Waals surface area contributed by atoms with E-state index in [4.69, 9.17) is 5.73 Å². The number of carbonyl (C=O) groups excluding carboxylic acids is 1. The van der Waals surface area contributed by atoms with Crippen LogP contribution in [0.4, 0.5) is 0 Å². The molecule has 2 heterocycles. The van der Waals surface area contributed by atoms with Crippen LogP contribution in [0.3, 0.4) is 0 Å². The van der Waals surface area contributed by atoms with Crippen molar-refractivity contribution in [3.05, 3.63) is 47.8 Å². The summed E-state index contributed by atoms with van der Waals surface area (Å²) in [6, 6.07) is 10.2. The van der Waals surface area contributed by atoms with Crippen molar-refractivity contribution in [2.45, 2.75) is 6.42 Å². The number of piperazine rings is 1. The zero-order valence-electron chi connectivity index (χ0n) is 15.4. The lowest BCUT2D eigenvalue weighted by Crippen LogP contribution is -2.50. The van der Waals surface area contributed by atoms with Crippen LogP contribution in [0.5, 0.6) is 0 Å². The van der Waals surface area contributed by atoms with E-state index in [1.54, 1.807) is 11.1 Å². The second kappa shape index (κ2) is 9.21. The Morgan fingerprint density at radius 1 is 1.30 bits per heavy atom. The zero-order chi connectivity index (χ0) is 19.1. The lowest BCUT2D eigenvalue weighted by Gasteiger charge is -2.34. The zero-order valence-corrected chi connectivity index (χ0v) is 15.4. The average Bonchev–Trinajstić information content (AvgIpc) is 3.12. The number of para-hydroxylation sites is 1. The van der Waals surface area contributed by atoms with Gasteiger partial charge in [0.2, 0.25) is 0 Å². The Labute approximate surface area is 159 Å². The van der Waals surface area contributed by atoms with Crippen molar-refractivity contribution in [2.75, 3.05) is 45.8 Å². The van der Waals surface area contributed by atoms with Crippen LogP contribution in [-0.4, -0.2) is 66.5 Å². The monoisotopic (exact) mass is 366 g/mol. The first-order valence-corrected chi connectivity index (χ1v) is 9.33. The van der Waals surface area contributed by atoms with Gasteiger partial charge in [-0.2, -0.15) is 5.26 Å². The van der Waals surface area contributed by atoms with E-state index < -0.39 is 0 Å². The van der Waals surface area contributed by atoms with Gasteiger partial charge in [-0.25, -0.2) is 0 Å². The minimum Gasteiger partial charge on any atom is -0.389 e. The van der Waals surface area contributed by atoms with Crippen LogP contribution in [-0.2, 0) is 11.2 Å². The molecule has 0 unspecified atom stereocenters. The fourth-order valence-corrected chi connectivity index (χ4v) is 3.39. The number of nitrogens with two attached hydrogens (primary N) is 1. The molecule has 1 saturated heterocycles. The molecule has 7 nitrogen and oxygen atoms in total. The SMILES string of the molecule is N#C/C(=C/NCCc1c[nH]c2ccccc12)C(=O)N1CCN(CCN)CC1. The Hall–Kier alpha value is -2.82. The molecular weight excluding hydrogens is 340 g/mol. The van der Waals surface area contributed by atoms with Gasteiger partial charge in [0.1, 0.15) is 11.6 Å². The molecule has 4 N–H and O–H groups in total. The van der Waals surface area contributed by atoms with Gasteiger partial charge in [-0.3, -0.25) is 9.69 Å².